The van der Waals surface area contributed by atoms with Crippen molar-refractivity contribution in [2.45, 2.75) is 83.2 Å². The molecule has 0 unspecified atom stereocenters. The van der Waals surface area contributed by atoms with Gasteiger partial charge < -0.3 is 14.5 Å². The molecule has 3 fully saturated rings. The Labute approximate surface area is 166 Å². The second-order valence-electron chi connectivity index (χ2n) is 9.36. The van der Waals surface area contributed by atoms with Crippen molar-refractivity contribution < 1.29 is 4.74 Å². The van der Waals surface area contributed by atoms with Crippen molar-refractivity contribution in [1.29, 1.82) is 0 Å². The summed E-state index contributed by atoms with van der Waals surface area (Å²) in [6, 6.07) is 1.61. The fraction of sp³-hybridized carbons (Fsp3) is 0.913. The predicted octanol–water partition coefficient (Wildman–Crippen LogP) is 3.98. The predicted molar refractivity (Wildman–Crippen MR) is 112 cm³/mol. The highest BCUT2D eigenvalue weighted by atomic mass is 16.5. The summed E-state index contributed by atoms with van der Waals surface area (Å²) in [5.74, 6) is 1.61. The highest BCUT2D eigenvalue weighted by molar-refractivity contribution is 5.13. The minimum absolute atomic E-state index is 0.764. The molecule has 0 amide bonds. The Morgan fingerprint density at radius 3 is 2.63 bits per heavy atom. The van der Waals surface area contributed by atoms with Gasteiger partial charge in [-0.1, -0.05) is 13.0 Å². The number of piperidine rings is 1. The van der Waals surface area contributed by atoms with Crippen LogP contribution in [-0.2, 0) is 4.74 Å². The Hall–Kier alpha value is -0.580. The Kier molecular flexibility index (Phi) is 7.13. The molecule has 27 heavy (non-hydrogen) atoms. The Bertz CT molecular complexity index is 478. The van der Waals surface area contributed by atoms with Gasteiger partial charge in [-0.05, 0) is 70.1 Å². The first-order valence-electron chi connectivity index (χ1n) is 11.8. The molecule has 0 spiro atoms. The van der Waals surface area contributed by atoms with Crippen molar-refractivity contribution >= 4 is 0 Å². The molecule has 0 radical (unpaired) electrons. The molecular formula is C23H41N3O. The molecule has 1 atom stereocenters. The van der Waals surface area contributed by atoms with E-state index in [0.29, 0.717) is 0 Å². The van der Waals surface area contributed by atoms with E-state index in [1.54, 1.807) is 5.70 Å². The van der Waals surface area contributed by atoms with E-state index in [9.17, 15) is 0 Å². The van der Waals surface area contributed by atoms with Crippen molar-refractivity contribution in [3.05, 3.63) is 11.8 Å². The highest BCUT2D eigenvalue weighted by Crippen LogP contribution is 2.34. The molecule has 2 aliphatic heterocycles. The zero-order valence-corrected chi connectivity index (χ0v) is 17.5. The molecule has 1 saturated carbocycles. The molecule has 2 heterocycles. The number of allylic oxidation sites excluding steroid dienone is 1. The lowest BCUT2D eigenvalue weighted by atomic mass is 9.84. The van der Waals surface area contributed by atoms with Crippen LogP contribution in [0, 0.1) is 11.8 Å². The van der Waals surface area contributed by atoms with E-state index in [4.69, 9.17) is 4.74 Å². The van der Waals surface area contributed by atoms with Crippen LogP contribution in [-0.4, -0.2) is 61.4 Å². The van der Waals surface area contributed by atoms with E-state index < -0.39 is 0 Å². The second-order valence-corrected chi connectivity index (χ2v) is 9.36. The van der Waals surface area contributed by atoms with Gasteiger partial charge in [-0.25, -0.2) is 0 Å². The number of rotatable bonds is 6. The van der Waals surface area contributed by atoms with Crippen LogP contribution in [0.3, 0.4) is 0 Å². The van der Waals surface area contributed by atoms with Crippen molar-refractivity contribution in [3.8, 4) is 0 Å². The average Bonchev–Trinajstić information content (AvgIpc) is 2.74. The molecule has 0 aromatic rings. The first kappa shape index (κ1) is 19.7. The number of nitrogens with one attached hydrogen (secondary N) is 1. The standard InChI is InChI=1S/C23H41N3O/c1-2-15-27-17-19-7-9-21(10-8-19)25-13-11-22(12-14-25)26-18-24-16-20-5-3-4-6-23(20)26/h6,19-22,24H,2-5,7-18H2,1H3/t19?,20-,21?/m1/s1. The maximum Gasteiger partial charge on any atom is 0.0682 e. The first-order valence-corrected chi connectivity index (χ1v) is 11.8. The average molecular weight is 376 g/mol. The SMILES string of the molecule is CCCOCC1CCC(N2CCC(N3CNC[C@H]4CCCC=C43)CC2)CC1. The third-order valence-electron chi connectivity index (χ3n) is 7.51. The van der Waals surface area contributed by atoms with Crippen LogP contribution in [0.15, 0.2) is 11.8 Å². The molecule has 154 valence electrons. The van der Waals surface area contributed by atoms with Crippen molar-refractivity contribution in [1.82, 2.24) is 15.1 Å². The third kappa shape index (κ3) is 4.89. The fourth-order valence-electron chi connectivity index (χ4n) is 5.91. The van der Waals surface area contributed by atoms with Gasteiger partial charge in [-0.3, -0.25) is 5.32 Å². The summed E-state index contributed by atoms with van der Waals surface area (Å²) in [4.78, 5) is 5.57. The molecular weight excluding hydrogens is 334 g/mol. The van der Waals surface area contributed by atoms with Gasteiger partial charge in [0.25, 0.3) is 0 Å². The lowest BCUT2D eigenvalue weighted by Crippen LogP contribution is -2.54. The molecule has 4 heteroatoms. The summed E-state index contributed by atoms with van der Waals surface area (Å²) in [6.45, 7) is 9.03. The minimum Gasteiger partial charge on any atom is -0.381 e. The maximum absolute atomic E-state index is 5.80. The van der Waals surface area contributed by atoms with E-state index in [1.165, 1.54) is 77.4 Å². The van der Waals surface area contributed by atoms with Gasteiger partial charge in [0, 0.05) is 56.5 Å². The quantitative estimate of drug-likeness (QED) is 0.711. The van der Waals surface area contributed by atoms with Gasteiger partial charge >= 0.3 is 0 Å². The molecule has 1 N–H and O–H groups in total. The van der Waals surface area contributed by atoms with E-state index in [2.05, 4.69) is 28.1 Å². The molecule has 4 nitrogen and oxygen atoms in total. The number of hydrogen-bond donors (Lipinski definition) is 1. The second kappa shape index (κ2) is 9.76. The van der Waals surface area contributed by atoms with Crippen molar-refractivity contribution in [3.63, 3.8) is 0 Å². The van der Waals surface area contributed by atoms with E-state index in [1.807, 2.05) is 0 Å². The summed E-state index contributed by atoms with van der Waals surface area (Å²) in [7, 11) is 0. The van der Waals surface area contributed by atoms with E-state index >= 15 is 0 Å². The van der Waals surface area contributed by atoms with Crippen LogP contribution in [0.25, 0.3) is 0 Å². The summed E-state index contributed by atoms with van der Waals surface area (Å²) in [6.07, 6.45) is 16.0. The molecule has 0 aromatic carbocycles. The number of hydrogen-bond acceptors (Lipinski definition) is 4. The fourth-order valence-corrected chi connectivity index (χ4v) is 5.91. The van der Waals surface area contributed by atoms with Gasteiger partial charge in [0.05, 0.1) is 6.67 Å². The topological polar surface area (TPSA) is 27.7 Å². The van der Waals surface area contributed by atoms with E-state index in [-0.39, 0.29) is 0 Å². The van der Waals surface area contributed by atoms with Crippen molar-refractivity contribution in [2.75, 3.05) is 39.5 Å². The molecule has 0 aromatic heterocycles. The van der Waals surface area contributed by atoms with Crippen LogP contribution in [0.2, 0.25) is 0 Å². The number of nitrogens with zero attached hydrogens (tertiary/aromatic N) is 2. The smallest absolute Gasteiger partial charge is 0.0682 e. The largest absolute Gasteiger partial charge is 0.381 e. The maximum atomic E-state index is 5.80. The normalized spacial score (nSPS) is 33.6. The van der Waals surface area contributed by atoms with Gasteiger partial charge in [0.1, 0.15) is 0 Å². The zero-order chi connectivity index (χ0) is 18.5. The minimum atomic E-state index is 0.764. The van der Waals surface area contributed by atoms with Crippen LogP contribution >= 0.6 is 0 Å². The van der Waals surface area contributed by atoms with Gasteiger partial charge in [-0.15, -0.1) is 0 Å². The molecule has 2 saturated heterocycles. The number of fused-ring (bicyclic) bond motifs is 1. The summed E-state index contributed by atoms with van der Waals surface area (Å²) >= 11 is 0. The number of likely N-dealkylation sites (tertiary alicyclic amines) is 1. The van der Waals surface area contributed by atoms with Gasteiger partial charge in [0.15, 0.2) is 0 Å². The number of ether oxygens (including phenoxy) is 1. The zero-order valence-electron chi connectivity index (χ0n) is 17.5. The highest BCUT2D eigenvalue weighted by Gasteiger charge is 2.34. The summed E-state index contributed by atoms with van der Waals surface area (Å²) in [5, 5.41) is 3.69. The first-order chi connectivity index (χ1) is 13.3. The Balaban J connectivity index is 1.22. The lowest BCUT2D eigenvalue weighted by Gasteiger charge is -2.48. The summed E-state index contributed by atoms with van der Waals surface area (Å²) < 4.78 is 5.80. The monoisotopic (exact) mass is 375 g/mol. The van der Waals surface area contributed by atoms with Crippen LogP contribution in [0.1, 0.15) is 71.1 Å². The molecule has 4 rings (SSSR count). The third-order valence-corrected chi connectivity index (χ3v) is 7.51. The molecule has 2 aliphatic carbocycles. The Morgan fingerprint density at radius 2 is 1.85 bits per heavy atom. The van der Waals surface area contributed by atoms with Gasteiger partial charge in [-0.2, -0.15) is 0 Å². The molecule has 4 aliphatic rings. The van der Waals surface area contributed by atoms with Gasteiger partial charge in [0.2, 0.25) is 0 Å². The lowest BCUT2D eigenvalue weighted by molar-refractivity contribution is 0.0410. The van der Waals surface area contributed by atoms with Crippen LogP contribution < -0.4 is 5.32 Å². The van der Waals surface area contributed by atoms with Crippen LogP contribution in [0.4, 0.5) is 0 Å². The van der Waals surface area contributed by atoms with Crippen LogP contribution in [0.5, 0.6) is 0 Å². The van der Waals surface area contributed by atoms with Crippen molar-refractivity contribution in [2.24, 2.45) is 11.8 Å². The Morgan fingerprint density at radius 1 is 1.04 bits per heavy atom. The van der Waals surface area contributed by atoms with E-state index in [0.717, 1.165) is 50.2 Å². The molecule has 0 bridgehead atoms. The summed E-state index contributed by atoms with van der Waals surface area (Å²) in [5.41, 5.74) is 1.69.